The summed E-state index contributed by atoms with van der Waals surface area (Å²) in [6.45, 7) is 1.04. The molecule has 0 heterocycles. The average Bonchev–Trinajstić information content (AvgIpc) is 2.51. The molecule has 0 saturated heterocycles. The van der Waals surface area contributed by atoms with E-state index < -0.39 is 34.9 Å². The second kappa shape index (κ2) is 10.8. The van der Waals surface area contributed by atoms with Crippen molar-refractivity contribution in [1.29, 1.82) is 5.26 Å². The molecule has 0 aromatic rings. The third-order valence-corrected chi connectivity index (χ3v) is 2.90. The average molecular weight is 453 g/mol. The van der Waals surface area contributed by atoms with Gasteiger partial charge in [-0.2, -0.15) is 14.0 Å². The number of nitrogens with zero attached hydrogens (tertiary/aromatic N) is 3. The molecule has 2 unspecified atom stereocenters. The van der Waals surface area contributed by atoms with Crippen LogP contribution in [0.2, 0.25) is 0 Å². The first-order valence-electron chi connectivity index (χ1n) is 6.74. The first-order valence-corrected chi connectivity index (χ1v) is 8.09. The summed E-state index contributed by atoms with van der Waals surface area (Å²) in [5.41, 5.74) is 0. The van der Waals surface area contributed by atoms with Crippen LogP contribution in [0, 0.1) is 11.3 Å². The molecule has 25 heavy (non-hydrogen) atoms. The number of methoxy groups -OCH3 is 1. The summed E-state index contributed by atoms with van der Waals surface area (Å²) in [6, 6.07) is 1.24. The number of carbonyl (C=O) groups excluding carboxylic acids is 2. The highest BCUT2D eigenvalue weighted by atomic mass is 79.9. The number of hydroxylamine groups is 2. The van der Waals surface area contributed by atoms with Gasteiger partial charge in [-0.15, -0.1) is 0 Å². The minimum Gasteiger partial charge on any atom is -0.324 e. The van der Waals surface area contributed by atoms with Gasteiger partial charge in [0.05, 0.1) is 12.7 Å². The zero-order chi connectivity index (χ0) is 19.8. The van der Waals surface area contributed by atoms with Crippen molar-refractivity contribution in [3.05, 3.63) is 0 Å². The van der Waals surface area contributed by atoms with Crippen molar-refractivity contribution in [2.45, 2.75) is 43.8 Å². The summed E-state index contributed by atoms with van der Waals surface area (Å²) in [5, 5.41) is 9.43. The molecule has 0 aliphatic heterocycles. The lowest BCUT2D eigenvalue weighted by Crippen LogP contribution is -2.60. The van der Waals surface area contributed by atoms with Crippen LogP contribution in [-0.2, 0) is 28.7 Å². The minimum atomic E-state index is -3.51. The van der Waals surface area contributed by atoms with Gasteiger partial charge in [0.1, 0.15) is 0 Å². The molecule has 0 N–H and O–H groups in total. The zero-order valence-electron chi connectivity index (χ0n) is 13.7. The van der Waals surface area contributed by atoms with Gasteiger partial charge in [0.2, 0.25) is 0 Å². The van der Waals surface area contributed by atoms with E-state index in [0.717, 1.165) is 7.11 Å². The van der Waals surface area contributed by atoms with Crippen molar-refractivity contribution >= 4 is 39.3 Å². The second-order valence-electron chi connectivity index (χ2n) is 4.36. The summed E-state index contributed by atoms with van der Waals surface area (Å²) in [7, 11) is 0.813. The molecule has 0 aromatic heterocycles. The van der Waals surface area contributed by atoms with Gasteiger partial charge in [-0.25, -0.2) is 14.6 Å². The SMILES string of the molecule is CCON(OC(C)C)C(=O)C(=O)N(C(Cl)Br)C(C#N)(OC)OC(F)F. The number of hydrogen-bond acceptors (Lipinski definition) is 7. The Labute approximate surface area is 156 Å². The molecule has 9 nitrogen and oxygen atoms in total. The molecule has 0 aliphatic carbocycles. The summed E-state index contributed by atoms with van der Waals surface area (Å²) < 4.78 is 32.3. The first kappa shape index (κ1) is 23.9. The Kier molecular flexibility index (Phi) is 10.3. The van der Waals surface area contributed by atoms with E-state index in [0.29, 0.717) is 0 Å². The summed E-state index contributed by atoms with van der Waals surface area (Å²) in [5.74, 6) is -5.99. The zero-order valence-corrected chi connectivity index (χ0v) is 16.1. The molecule has 0 radical (unpaired) electrons. The highest BCUT2D eigenvalue weighted by Gasteiger charge is 2.50. The van der Waals surface area contributed by atoms with Gasteiger partial charge in [0, 0.05) is 7.11 Å². The van der Waals surface area contributed by atoms with Crippen LogP contribution in [0.5, 0.6) is 0 Å². The topological polar surface area (TPSA) is 101 Å². The number of halogens is 4. The third-order valence-electron chi connectivity index (χ3n) is 2.30. The van der Waals surface area contributed by atoms with E-state index in [9.17, 15) is 18.4 Å². The Morgan fingerprint density at radius 2 is 1.92 bits per heavy atom. The summed E-state index contributed by atoms with van der Waals surface area (Å²) in [4.78, 5) is 34.7. The Morgan fingerprint density at radius 3 is 2.24 bits per heavy atom. The number of ether oxygens (including phenoxy) is 2. The Bertz CT molecular complexity index is 508. The molecule has 2 amide bonds. The molecule has 0 bridgehead atoms. The number of hydrogen-bond donors (Lipinski definition) is 0. The minimum absolute atomic E-state index is 0.0500. The fourth-order valence-electron chi connectivity index (χ4n) is 1.43. The van der Waals surface area contributed by atoms with Crippen molar-refractivity contribution in [3.8, 4) is 6.07 Å². The maximum Gasteiger partial charge on any atom is 0.361 e. The highest BCUT2D eigenvalue weighted by molar-refractivity contribution is 9.10. The van der Waals surface area contributed by atoms with Crippen LogP contribution in [-0.4, -0.2) is 58.7 Å². The van der Waals surface area contributed by atoms with E-state index in [1.807, 2.05) is 0 Å². The lowest BCUT2D eigenvalue weighted by atomic mass is 10.4. The van der Waals surface area contributed by atoms with Gasteiger partial charge in [0.25, 0.3) is 0 Å². The molecule has 0 rings (SSSR count). The fourth-order valence-corrected chi connectivity index (χ4v) is 2.10. The van der Waals surface area contributed by atoms with Crippen molar-refractivity contribution in [3.63, 3.8) is 0 Å². The second-order valence-corrected chi connectivity index (χ2v) is 6.17. The molecular weight excluding hydrogens is 436 g/mol. The lowest BCUT2D eigenvalue weighted by Gasteiger charge is -2.36. The fraction of sp³-hybridized carbons (Fsp3) is 0.750. The molecule has 0 saturated carbocycles. The highest BCUT2D eigenvalue weighted by Crippen LogP contribution is 2.28. The Hall–Kier alpha value is -1.10. The van der Waals surface area contributed by atoms with E-state index >= 15 is 0 Å². The smallest absolute Gasteiger partial charge is 0.324 e. The maximum absolute atomic E-state index is 12.6. The van der Waals surface area contributed by atoms with Crippen LogP contribution in [0.4, 0.5) is 8.78 Å². The molecule has 0 fully saturated rings. The van der Waals surface area contributed by atoms with Gasteiger partial charge in [-0.05, 0) is 36.7 Å². The van der Waals surface area contributed by atoms with E-state index in [2.05, 4.69) is 25.4 Å². The van der Waals surface area contributed by atoms with Gasteiger partial charge in [-0.1, -0.05) is 16.8 Å². The van der Waals surface area contributed by atoms with Crippen molar-refractivity contribution in [1.82, 2.24) is 10.1 Å². The quantitative estimate of drug-likeness (QED) is 0.173. The first-order chi connectivity index (χ1) is 11.6. The molecule has 2 atom stereocenters. The van der Waals surface area contributed by atoms with Gasteiger partial charge in [-0.3, -0.25) is 14.3 Å². The Morgan fingerprint density at radius 1 is 1.36 bits per heavy atom. The lowest BCUT2D eigenvalue weighted by molar-refractivity contribution is -0.354. The van der Waals surface area contributed by atoms with Crippen LogP contribution < -0.4 is 0 Å². The largest absolute Gasteiger partial charge is 0.361 e. The summed E-state index contributed by atoms with van der Waals surface area (Å²) >= 11 is 8.43. The van der Waals surface area contributed by atoms with Crippen LogP contribution in [0.3, 0.4) is 0 Å². The number of alkyl halides is 4. The number of amides is 2. The van der Waals surface area contributed by atoms with Crippen LogP contribution in [0.1, 0.15) is 20.8 Å². The van der Waals surface area contributed by atoms with Crippen molar-refractivity contribution in [2.75, 3.05) is 13.7 Å². The van der Waals surface area contributed by atoms with E-state index in [1.54, 1.807) is 13.8 Å². The maximum atomic E-state index is 12.6. The monoisotopic (exact) mass is 451 g/mol. The normalized spacial score (nSPS) is 14.8. The van der Waals surface area contributed by atoms with E-state index in [4.69, 9.17) is 26.5 Å². The number of rotatable bonds is 9. The van der Waals surface area contributed by atoms with Crippen molar-refractivity contribution in [2.24, 2.45) is 0 Å². The van der Waals surface area contributed by atoms with Crippen molar-refractivity contribution < 1.29 is 37.5 Å². The predicted octanol–water partition coefficient (Wildman–Crippen LogP) is 1.92. The standard InChI is InChI=1S/C12H17BrClF2N3O6/c1-5-23-19(25-7(2)3)9(21)8(20)18(10(13)14)12(6-17,22-4)24-11(15)16/h7,10-11H,5H2,1-4H3. The molecule has 144 valence electrons. The molecule has 0 aliphatic rings. The van der Waals surface area contributed by atoms with E-state index in [1.165, 1.54) is 13.0 Å². The van der Waals surface area contributed by atoms with Gasteiger partial charge >= 0.3 is 24.3 Å². The van der Waals surface area contributed by atoms with Crippen LogP contribution in [0.25, 0.3) is 0 Å². The van der Waals surface area contributed by atoms with Gasteiger partial charge in [0.15, 0.2) is 10.5 Å². The third kappa shape index (κ3) is 6.61. The molecule has 13 heteroatoms. The number of carbonyl (C=O) groups is 2. The van der Waals surface area contributed by atoms with Gasteiger partial charge < -0.3 is 4.74 Å². The van der Waals surface area contributed by atoms with Crippen LogP contribution in [0.15, 0.2) is 0 Å². The molecule has 0 spiro atoms. The van der Waals surface area contributed by atoms with E-state index in [-0.39, 0.29) is 16.7 Å². The Balaban J connectivity index is 5.80. The summed E-state index contributed by atoms with van der Waals surface area (Å²) in [6.07, 6.45) is -0.562. The number of nitriles is 1. The molecular formula is C12H17BrClF2N3O6. The molecule has 0 aromatic carbocycles. The van der Waals surface area contributed by atoms with Crippen LogP contribution >= 0.6 is 27.5 Å². The predicted molar refractivity (Wildman–Crippen MR) is 82.5 cm³/mol.